The van der Waals surface area contributed by atoms with E-state index in [0.717, 1.165) is 66.5 Å². The van der Waals surface area contributed by atoms with Crippen molar-refractivity contribution in [3.8, 4) is 0 Å². The summed E-state index contributed by atoms with van der Waals surface area (Å²) in [5, 5.41) is 11.7. The first kappa shape index (κ1) is 21.7. The van der Waals surface area contributed by atoms with Gasteiger partial charge in [0.05, 0.1) is 23.5 Å². The van der Waals surface area contributed by atoms with Crippen LogP contribution in [0.2, 0.25) is 0 Å². The van der Waals surface area contributed by atoms with E-state index < -0.39 is 0 Å². The zero-order valence-electron chi connectivity index (χ0n) is 18.5. The highest BCUT2D eigenvalue weighted by Gasteiger charge is 2.43. The number of rotatable bonds is 8. The van der Waals surface area contributed by atoms with Crippen LogP contribution in [0.15, 0.2) is 28.9 Å². The Kier molecular flexibility index (Phi) is 6.37. The molecule has 0 spiro atoms. The first-order chi connectivity index (χ1) is 15.7. The summed E-state index contributed by atoms with van der Waals surface area (Å²) in [4.78, 5) is 26.4. The number of aromatic nitrogens is 4. The second-order valence-corrected chi connectivity index (χ2v) is 10.8. The Labute approximate surface area is 197 Å². The highest BCUT2D eigenvalue weighted by atomic mass is 32.2. The van der Waals surface area contributed by atoms with Crippen LogP contribution in [0.4, 0.5) is 5.82 Å². The number of nitrogens with one attached hydrogen (secondary N) is 1. The van der Waals surface area contributed by atoms with E-state index in [2.05, 4.69) is 33.7 Å². The predicted octanol–water partition coefficient (Wildman–Crippen LogP) is 4.23. The van der Waals surface area contributed by atoms with Crippen molar-refractivity contribution in [1.29, 1.82) is 0 Å². The van der Waals surface area contributed by atoms with E-state index in [9.17, 15) is 4.79 Å². The van der Waals surface area contributed by atoms with Gasteiger partial charge in [0, 0.05) is 24.5 Å². The summed E-state index contributed by atoms with van der Waals surface area (Å²) in [7, 11) is 0. The molecule has 5 rings (SSSR count). The number of carbonyl (C=O) groups is 1. The first-order valence-electron chi connectivity index (χ1n) is 11.6. The minimum absolute atomic E-state index is 0.156. The fourth-order valence-electron chi connectivity index (χ4n) is 5.01. The van der Waals surface area contributed by atoms with Gasteiger partial charge < -0.3 is 10.2 Å². The quantitative estimate of drug-likeness (QED) is 0.392. The second-order valence-electron chi connectivity index (χ2n) is 8.58. The smallest absolute Gasteiger partial charge is 0.231 e. The number of fused-ring (bicyclic) bond motifs is 1. The zero-order chi connectivity index (χ0) is 22.0. The predicted molar refractivity (Wildman–Crippen MR) is 131 cm³/mol. The summed E-state index contributed by atoms with van der Waals surface area (Å²) >= 11 is 3.36. The highest BCUT2D eigenvalue weighted by Crippen LogP contribution is 2.43. The van der Waals surface area contributed by atoms with Gasteiger partial charge in [0.1, 0.15) is 5.82 Å². The molecular formula is C23H30N6OS2. The molecule has 0 radical (unpaired) electrons. The number of nitrogens with zero attached hydrogens (tertiary/aromatic N) is 5. The fraction of sp³-hybridized carbons (Fsp3) is 0.565. The Balaban J connectivity index is 1.34. The van der Waals surface area contributed by atoms with Crippen molar-refractivity contribution >= 4 is 45.9 Å². The van der Waals surface area contributed by atoms with Crippen molar-refractivity contribution in [3.63, 3.8) is 0 Å². The summed E-state index contributed by atoms with van der Waals surface area (Å²) in [6.07, 6.45) is 8.39. The largest absolute Gasteiger partial charge is 0.356 e. The Morgan fingerprint density at radius 1 is 1.22 bits per heavy atom. The third kappa shape index (κ3) is 4.01. The number of amides is 1. The van der Waals surface area contributed by atoms with Crippen LogP contribution in [0.1, 0.15) is 50.3 Å². The van der Waals surface area contributed by atoms with Gasteiger partial charge in [-0.05, 0) is 42.9 Å². The number of thiophene rings is 1. The normalized spacial score (nSPS) is 18.0. The summed E-state index contributed by atoms with van der Waals surface area (Å²) in [5.74, 6) is 2.09. The molecule has 0 bridgehead atoms. The van der Waals surface area contributed by atoms with Crippen LogP contribution in [0, 0.1) is 0 Å². The van der Waals surface area contributed by atoms with E-state index in [-0.39, 0.29) is 11.3 Å². The van der Waals surface area contributed by atoms with Crippen molar-refractivity contribution in [1.82, 2.24) is 25.1 Å². The molecule has 170 valence electrons. The lowest BCUT2D eigenvalue weighted by molar-refractivity contribution is -0.126. The van der Waals surface area contributed by atoms with Crippen LogP contribution in [0.5, 0.6) is 0 Å². The number of hydrogen-bond donors (Lipinski definition) is 1. The Hall–Kier alpha value is -2.13. The molecular weight excluding hydrogens is 440 g/mol. The van der Waals surface area contributed by atoms with Crippen molar-refractivity contribution in [2.45, 2.75) is 62.6 Å². The number of anilines is 1. The van der Waals surface area contributed by atoms with Crippen LogP contribution in [0.3, 0.4) is 0 Å². The van der Waals surface area contributed by atoms with Crippen molar-refractivity contribution in [2.75, 3.05) is 30.3 Å². The lowest BCUT2D eigenvalue weighted by atomic mass is 9.83. The van der Waals surface area contributed by atoms with Crippen LogP contribution in [-0.2, 0) is 16.8 Å². The van der Waals surface area contributed by atoms with Gasteiger partial charge in [-0.1, -0.05) is 37.6 Å². The van der Waals surface area contributed by atoms with Gasteiger partial charge in [0.2, 0.25) is 5.91 Å². The molecule has 4 heterocycles. The minimum Gasteiger partial charge on any atom is -0.356 e. The van der Waals surface area contributed by atoms with Gasteiger partial charge in [-0.15, -0.1) is 11.3 Å². The second kappa shape index (κ2) is 9.39. The minimum atomic E-state index is -0.351. The third-order valence-electron chi connectivity index (χ3n) is 6.63. The third-order valence-corrected chi connectivity index (χ3v) is 8.43. The molecule has 0 unspecified atom stereocenters. The topological polar surface area (TPSA) is 75.9 Å². The van der Waals surface area contributed by atoms with Crippen LogP contribution < -0.4 is 10.2 Å². The summed E-state index contributed by atoms with van der Waals surface area (Å²) < 4.78 is 1.92. The maximum Gasteiger partial charge on any atom is 0.231 e. The highest BCUT2D eigenvalue weighted by molar-refractivity contribution is 7.99. The van der Waals surface area contributed by atoms with Gasteiger partial charge >= 0.3 is 0 Å². The SMILES string of the molecule is CCSc1nc(N2CCCC2)c2cnn(CCNC(=O)C3(c4cccs4)CCCC3)c2n1. The van der Waals surface area contributed by atoms with Gasteiger partial charge in [-0.25, -0.2) is 14.6 Å². The molecule has 1 saturated carbocycles. The van der Waals surface area contributed by atoms with E-state index in [0.29, 0.717) is 13.1 Å². The molecule has 9 heteroatoms. The maximum atomic E-state index is 13.3. The van der Waals surface area contributed by atoms with Gasteiger partial charge in [-0.3, -0.25) is 4.79 Å². The standard InChI is InChI=1S/C23H30N6OS2/c1-2-31-22-26-19(28-12-5-6-13-28)17-16-25-29(20(17)27-22)14-11-24-21(30)23(9-3-4-10-23)18-8-7-15-32-18/h7-8,15-16H,2-6,9-14H2,1H3,(H,24,30). The summed E-state index contributed by atoms with van der Waals surface area (Å²) in [6, 6.07) is 4.16. The maximum absolute atomic E-state index is 13.3. The number of carbonyl (C=O) groups excluding carboxylic acids is 1. The molecule has 1 aliphatic carbocycles. The van der Waals surface area contributed by atoms with Crippen LogP contribution in [-0.4, -0.2) is 51.0 Å². The molecule has 0 aromatic carbocycles. The molecule has 32 heavy (non-hydrogen) atoms. The van der Waals surface area contributed by atoms with Gasteiger partial charge in [0.15, 0.2) is 10.8 Å². The fourth-order valence-corrected chi connectivity index (χ4v) is 6.55. The van der Waals surface area contributed by atoms with E-state index in [1.807, 2.05) is 16.9 Å². The van der Waals surface area contributed by atoms with E-state index in [1.54, 1.807) is 23.1 Å². The Morgan fingerprint density at radius 2 is 2.03 bits per heavy atom. The summed E-state index contributed by atoms with van der Waals surface area (Å²) in [5.41, 5.74) is 0.511. The van der Waals surface area contributed by atoms with Gasteiger partial charge in [-0.2, -0.15) is 5.10 Å². The van der Waals surface area contributed by atoms with E-state index >= 15 is 0 Å². The van der Waals surface area contributed by atoms with Crippen LogP contribution >= 0.6 is 23.1 Å². The molecule has 1 N–H and O–H groups in total. The first-order valence-corrected chi connectivity index (χ1v) is 13.5. The molecule has 1 amide bonds. The lowest BCUT2D eigenvalue weighted by Gasteiger charge is -2.26. The molecule has 1 aliphatic heterocycles. The molecule has 0 atom stereocenters. The molecule has 2 fully saturated rings. The van der Waals surface area contributed by atoms with Crippen LogP contribution in [0.25, 0.3) is 11.0 Å². The average molecular weight is 471 g/mol. The molecule has 3 aromatic heterocycles. The number of thioether (sulfide) groups is 1. The van der Waals surface area contributed by atoms with Crippen molar-refractivity contribution in [3.05, 3.63) is 28.6 Å². The Bertz CT molecular complexity index is 1070. The van der Waals surface area contributed by atoms with E-state index in [4.69, 9.17) is 9.97 Å². The molecule has 3 aromatic rings. The monoisotopic (exact) mass is 470 g/mol. The van der Waals surface area contributed by atoms with E-state index in [1.165, 1.54) is 17.7 Å². The molecule has 7 nitrogen and oxygen atoms in total. The van der Waals surface area contributed by atoms with Gasteiger partial charge in [0.25, 0.3) is 0 Å². The Morgan fingerprint density at radius 3 is 2.75 bits per heavy atom. The lowest BCUT2D eigenvalue weighted by Crippen LogP contribution is -2.43. The average Bonchev–Trinajstić information content (AvgIpc) is 3.61. The molecule has 1 saturated heterocycles. The summed E-state index contributed by atoms with van der Waals surface area (Å²) in [6.45, 7) is 5.33. The van der Waals surface area contributed by atoms with Crippen molar-refractivity contribution in [2.24, 2.45) is 0 Å². The molecule has 2 aliphatic rings. The van der Waals surface area contributed by atoms with Crippen molar-refractivity contribution < 1.29 is 4.79 Å². The zero-order valence-corrected chi connectivity index (χ0v) is 20.2. The number of hydrogen-bond acceptors (Lipinski definition) is 7.